The third-order valence-corrected chi connectivity index (χ3v) is 7.01. The molecule has 1 fully saturated rings. The van der Waals surface area contributed by atoms with Gasteiger partial charge >= 0.3 is 5.97 Å². The van der Waals surface area contributed by atoms with Crippen LogP contribution in [0.5, 0.6) is 0 Å². The van der Waals surface area contributed by atoms with Crippen molar-refractivity contribution in [1.29, 1.82) is 0 Å². The van der Waals surface area contributed by atoms with Gasteiger partial charge in [0.15, 0.2) is 0 Å². The van der Waals surface area contributed by atoms with Crippen molar-refractivity contribution in [2.45, 2.75) is 18.7 Å². The first kappa shape index (κ1) is 19.6. The Kier molecular flexibility index (Phi) is 5.67. The van der Waals surface area contributed by atoms with E-state index in [0.29, 0.717) is 11.3 Å². The second-order valence-electron chi connectivity index (χ2n) is 6.49. The van der Waals surface area contributed by atoms with E-state index < -0.39 is 16.0 Å². The third-order valence-electron chi connectivity index (χ3n) is 4.56. The van der Waals surface area contributed by atoms with Gasteiger partial charge in [-0.25, -0.2) is 13.2 Å². The first-order chi connectivity index (χ1) is 12.8. The maximum atomic E-state index is 12.8. The summed E-state index contributed by atoms with van der Waals surface area (Å²) < 4.78 is 28.2. The minimum absolute atomic E-state index is 0.0288. The molecular formula is C19H22N2O4S2. The van der Waals surface area contributed by atoms with Crippen molar-refractivity contribution in [3.63, 3.8) is 0 Å². The molecule has 0 aromatic heterocycles. The minimum atomic E-state index is -3.89. The molecular weight excluding hydrogens is 384 g/mol. The molecule has 3 rings (SSSR count). The van der Waals surface area contributed by atoms with Gasteiger partial charge in [-0.05, 0) is 55.3 Å². The molecule has 1 aliphatic heterocycles. The Bertz CT molecular complexity index is 968. The first-order valence-electron chi connectivity index (χ1n) is 8.58. The zero-order valence-corrected chi connectivity index (χ0v) is 16.9. The van der Waals surface area contributed by atoms with Gasteiger partial charge in [-0.1, -0.05) is 6.07 Å². The van der Waals surface area contributed by atoms with Crippen LogP contribution >= 0.6 is 11.8 Å². The van der Waals surface area contributed by atoms with Gasteiger partial charge in [0.05, 0.1) is 16.1 Å². The molecule has 0 saturated carbocycles. The molecule has 8 heteroatoms. The lowest BCUT2D eigenvalue weighted by Crippen LogP contribution is -2.32. The number of nitrogens with one attached hydrogen (secondary N) is 1. The largest absolute Gasteiger partial charge is 0.478 e. The van der Waals surface area contributed by atoms with Crippen molar-refractivity contribution >= 4 is 39.1 Å². The summed E-state index contributed by atoms with van der Waals surface area (Å²) >= 11 is 1.94. The Labute approximate surface area is 163 Å². The molecule has 1 heterocycles. The van der Waals surface area contributed by atoms with Crippen molar-refractivity contribution in [3.8, 4) is 0 Å². The Hall–Kier alpha value is -2.19. The van der Waals surface area contributed by atoms with Crippen LogP contribution in [-0.4, -0.2) is 44.1 Å². The molecule has 1 aliphatic rings. The van der Waals surface area contributed by atoms with Crippen LogP contribution in [0.3, 0.4) is 0 Å². The van der Waals surface area contributed by atoms with E-state index in [1.807, 2.05) is 30.8 Å². The van der Waals surface area contributed by atoms with Crippen molar-refractivity contribution in [2.75, 3.05) is 34.2 Å². The Morgan fingerprint density at radius 1 is 1.07 bits per heavy atom. The molecule has 0 amide bonds. The summed E-state index contributed by atoms with van der Waals surface area (Å²) in [5.74, 6) is 1.02. The van der Waals surface area contributed by atoms with E-state index in [4.69, 9.17) is 5.11 Å². The van der Waals surface area contributed by atoms with E-state index in [0.717, 1.165) is 35.8 Å². The quantitative estimate of drug-likeness (QED) is 0.792. The summed E-state index contributed by atoms with van der Waals surface area (Å²) in [5, 5.41) is 9.13. The summed E-state index contributed by atoms with van der Waals surface area (Å²) in [6.45, 7) is 5.47. The average molecular weight is 407 g/mol. The number of aryl methyl sites for hydroxylation is 2. The van der Waals surface area contributed by atoms with Gasteiger partial charge in [0.2, 0.25) is 0 Å². The summed E-state index contributed by atoms with van der Waals surface area (Å²) in [4.78, 5) is 13.4. The van der Waals surface area contributed by atoms with Crippen LogP contribution in [0.1, 0.15) is 21.5 Å². The highest BCUT2D eigenvalue weighted by Gasteiger charge is 2.20. The maximum Gasteiger partial charge on any atom is 0.335 e. The van der Waals surface area contributed by atoms with Gasteiger partial charge in [0, 0.05) is 30.3 Å². The number of anilines is 2. The average Bonchev–Trinajstić information content (AvgIpc) is 2.64. The number of carbonyl (C=O) groups is 1. The fourth-order valence-corrected chi connectivity index (χ4v) is 5.31. The molecule has 1 saturated heterocycles. The zero-order valence-electron chi connectivity index (χ0n) is 15.2. The number of nitrogens with zero attached hydrogens (tertiary/aromatic N) is 1. The summed E-state index contributed by atoms with van der Waals surface area (Å²) in [5.41, 5.74) is 2.83. The van der Waals surface area contributed by atoms with E-state index in [1.54, 1.807) is 13.0 Å². The van der Waals surface area contributed by atoms with Crippen molar-refractivity contribution in [3.05, 3.63) is 53.1 Å². The SMILES string of the molecule is Cc1cc(N2CCSCC2)ccc1NS(=O)(=O)c1cc(C(=O)O)ccc1C. The highest BCUT2D eigenvalue weighted by molar-refractivity contribution is 7.99. The topological polar surface area (TPSA) is 86.7 Å². The fourth-order valence-electron chi connectivity index (χ4n) is 3.00. The molecule has 2 aromatic rings. The normalized spacial score (nSPS) is 14.8. The van der Waals surface area contributed by atoms with Crippen LogP contribution in [0, 0.1) is 13.8 Å². The second-order valence-corrected chi connectivity index (χ2v) is 9.37. The number of rotatable bonds is 5. The highest BCUT2D eigenvalue weighted by Crippen LogP contribution is 2.27. The number of benzene rings is 2. The minimum Gasteiger partial charge on any atom is -0.478 e. The third kappa shape index (κ3) is 4.39. The van der Waals surface area contributed by atoms with Crippen LogP contribution < -0.4 is 9.62 Å². The van der Waals surface area contributed by atoms with Crippen LogP contribution in [0.15, 0.2) is 41.3 Å². The number of sulfonamides is 1. The molecule has 0 spiro atoms. The van der Waals surface area contributed by atoms with Crippen molar-refractivity contribution < 1.29 is 18.3 Å². The number of thioether (sulfide) groups is 1. The van der Waals surface area contributed by atoms with Gasteiger partial charge < -0.3 is 10.0 Å². The zero-order chi connectivity index (χ0) is 19.6. The molecule has 0 unspecified atom stereocenters. The lowest BCUT2D eigenvalue weighted by molar-refractivity contribution is 0.0696. The molecule has 27 heavy (non-hydrogen) atoms. The fraction of sp³-hybridized carbons (Fsp3) is 0.316. The molecule has 2 aromatic carbocycles. The summed E-state index contributed by atoms with van der Waals surface area (Å²) in [6, 6.07) is 9.75. The van der Waals surface area contributed by atoms with Gasteiger partial charge in [0.1, 0.15) is 0 Å². The van der Waals surface area contributed by atoms with Gasteiger partial charge in [0.25, 0.3) is 10.0 Å². The molecule has 0 atom stereocenters. The number of hydrogen-bond acceptors (Lipinski definition) is 5. The molecule has 2 N–H and O–H groups in total. The van der Waals surface area contributed by atoms with E-state index in [2.05, 4.69) is 9.62 Å². The standard InChI is InChI=1S/C19H22N2O4S2/c1-13-3-4-15(19(22)23)12-18(13)27(24,25)20-17-6-5-16(11-14(17)2)21-7-9-26-10-8-21/h3-6,11-12,20H,7-10H2,1-2H3,(H,22,23). The van der Waals surface area contributed by atoms with Crippen LogP contribution in [0.4, 0.5) is 11.4 Å². The lowest BCUT2D eigenvalue weighted by Gasteiger charge is -2.29. The van der Waals surface area contributed by atoms with Gasteiger partial charge in [-0.2, -0.15) is 11.8 Å². The van der Waals surface area contributed by atoms with Crippen LogP contribution in [-0.2, 0) is 10.0 Å². The Morgan fingerprint density at radius 3 is 2.41 bits per heavy atom. The lowest BCUT2D eigenvalue weighted by atomic mass is 10.1. The van der Waals surface area contributed by atoms with Gasteiger partial charge in [-0.15, -0.1) is 0 Å². The summed E-state index contributed by atoms with van der Waals surface area (Å²) in [6.07, 6.45) is 0. The van der Waals surface area contributed by atoms with Crippen LogP contribution in [0.25, 0.3) is 0 Å². The molecule has 144 valence electrons. The predicted molar refractivity (Wildman–Crippen MR) is 110 cm³/mol. The van der Waals surface area contributed by atoms with E-state index in [9.17, 15) is 13.2 Å². The second kappa shape index (κ2) is 7.82. The maximum absolute atomic E-state index is 12.8. The number of carboxylic acids is 1. The number of hydrogen-bond donors (Lipinski definition) is 2. The van der Waals surface area contributed by atoms with E-state index in [-0.39, 0.29) is 10.5 Å². The molecule has 0 aliphatic carbocycles. The number of aromatic carboxylic acids is 1. The highest BCUT2D eigenvalue weighted by atomic mass is 32.2. The Balaban J connectivity index is 1.88. The smallest absolute Gasteiger partial charge is 0.335 e. The van der Waals surface area contributed by atoms with Crippen molar-refractivity contribution in [1.82, 2.24) is 0 Å². The monoisotopic (exact) mass is 406 g/mol. The molecule has 0 bridgehead atoms. The van der Waals surface area contributed by atoms with Crippen molar-refractivity contribution in [2.24, 2.45) is 0 Å². The molecule has 0 radical (unpaired) electrons. The van der Waals surface area contributed by atoms with E-state index in [1.165, 1.54) is 18.2 Å². The number of carboxylic acid groups (broad SMARTS) is 1. The Morgan fingerprint density at radius 2 is 1.78 bits per heavy atom. The van der Waals surface area contributed by atoms with Gasteiger partial charge in [-0.3, -0.25) is 4.72 Å². The summed E-state index contributed by atoms with van der Waals surface area (Å²) in [7, 11) is -3.89. The predicted octanol–water partition coefficient (Wildman–Crippen LogP) is 3.36. The first-order valence-corrected chi connectivity index (χ1v) is 11.2. The van der Waals surface area contributed by atoms with E-state index >= 15 is 0 Å². The molecule has 6 nitrogen and oxygen atoms in total. The van der Waals surface area contributed by atoms with Crippen LogP contribution in [0.2, 0.25) is 0 Å².